The van der Waals surface area contributed by atoms with Gasteiger partial charge in [-0.2, -0.15) is 8.93 Å². The lowest BCUT2D eigenvalue weighted by Gasteiger charge is -2.44. The van der Waals surface area contributed by atoms with Crippen LogP contribution in [0.5, 0.6) is 0 Å². The van der Waals surface area contributed by atoms with Gasteiger partial charge < -0.3 is 0 Å². The van der Waals surface area contributed by atoms with Crippen molar-refractivity contribution in [1.29, 1.82) is 0 Å². The molecule has 0 aliphatic rings. The molecule has 4 nitrogen and oxygen atoms in total. The number of nitrogens with zero attached hydrogens (tertiary/aromatic N) is 4. The van der Waals surface area contributed by atoms with Crippen LogP contribution in [-0.2, 0) is 0 Å². The highest BCUT2D eigenvalue weighted by Crippen LogP contribution is 2.62. The summed E-state index contributed by atoms with van der Waals surface area (Å²) in [6.07, 6.45) is 0. The third-order valence-corrected chi connectivity index (χ3v) is 7.32. The van der Waals surface area contributed by atoms with Crippen molar-refractivity contribution in [2.24, 2.45) is 4.26 Å². The fraction of sp³-hybridized carbons (Fsp3) is 1.00. The molecule has 0 aliphatic heterocycles. The molecule has 0 aromatic heterocycles. The second-order valence-electron chi connectivity index (χ2n) is 3.29. The second-order valence-corrected chi connectivity index (χ2v) is 9.51. The summed E-state index contributed by atoms with van der Waals surface area (Å²) in [6.45, 7) is 0. The maximum absolute atomic E-state index is 5.88. The molecule has 0 heterocycles. The largest absolute Gasteiger partial charge is 0.255 e. The highest BCUT2D eigenvalue weighted by Gasteiger charge is 2.44. The van der Waals surface area contributed by atoms with Gasteiger partial charge in [0.15, 0.2) is 7.51 Å². The lowest BCUT2D eigenvalue weighted by molar-refractivity contribution is 0.424. The lowest BCUT2D eigenvalue weighted by Crippen LogP contribution is -2.40. The van der Waals surface area contributed by atoms with Gasteiger partial charge in [0.05, 0.1) is 6.00 Å². The van der Waals surface area contributed by atoms with E-state index < -0.39 is 11.4 Å². The van der Waals surface area contributed by atoms with Gasteiger partial charge in [-0.3, -0.25) is 9.34 Å². The molecule has 98 valence electrons. The summed E-state index contributed by atoms with van der Waals surface area (Å²) < 4.78 is 7.22. The minimum absolute atomic E-state index is 0.00312. The first-order valence-corrected chi connectivity index (χ1v) is 7.74. The topological polar surface area (TPSA) is 22.1 Å². The number of rotatable bonds is 4. The summed E-state index contributed by atoms with van der Waals surface area (Å²) in [5, 5.41) is 0. The minimum atomic E-state index is -2.49. The molecule has 0 fully saturated rings. The Morgan fingerprint density at radius 1 is 1.06 bits per heavy atom. The molecular weight excluding hydrogens is 336 g/mol. The van der Waals surface area contributed by atoms with Crippen molar-refractivity contribution in [1.82, 2.24) is 14.0 Å². The zero-order valence-corrected chi connectivity index (χ0v) is 14.0. The van der Waals surface area contributed by atoms with Crippen molar-refractivity contribution in [3.05, 3.63) is 0 Å². The van der Waals surface area contributed by atoms with Crippen LogP contribution in [0, 0.1) is 0 Å². The average molecular weight is 350 g/mol. The lowest BCUT2D eigenvalue weighted by atomic mass is 11.2. The van der Waals surface area contributed by atoms with Crippen LogP contribution in [0.2, 0.25) is 0 Å². The van der Waals surface area contributed by atoms with Crippen LogP contribution in [0.3, 0.4) is 0 Å². The Labute approximate surface area is 122 Å². The van der Waals surface area contributed by atoms with E-state index in [1.165, 1.54) is 4.67 Å². The fourth-order valence-electron chi connectivity index (χ4n) is 1.26. The predicted molar refractivity (Wildman–Crippen MR) is 75.4 cm³/mol. The molecule has 0 atom stereocenters. The standard InChI is InChI=1S/C6H14Cl5N4P/c1-13(2)16(12-11,14(3)4)15(5-7)6(8,9)10/h5H2,1-4H3. The van der Waals surface area contributed by atoms with E-state index >= 15 is 0 Å². The van der Waals surface area contributed by atoms with Gasteiger partial charge >= 0.3 is 0 Å². The molecule has 0 aliphatic carbocycles. The Kier molecular flexibility index (Phi) is 7.30. The van der Waals surface area contributed by atoms with E-state index in [1.54, 1.807) is 37.5 Å². The Balaban J connectivity index is 5.68. The van der Waals surface area contributed by atoms with Crippen LogP contribution in [-0.4, -0.2) is 52.1 Å². The molecule has 10 heteroatoms. The number of halogens is 5. The van der Waals surface area contributed by atoms with E-state index in [0.717, 1.165) is 0 Å². The van der Waals surface area contributed by atoms with Crippen molar-refractivity contribution in [2.45, 2.75) is 3.92 Å². The molecule has 0 unspecified atom stereocenters. The second kappa shape index (κ2) is 6.65. The summed E-state index contributed by atoms with van der Waals surface area (Å²) in [7, 11) is 4.71. The molecular formula is C6H14Cl5N4P. The molecule has 0 spiro atoms. The van der Waals surface area contributed by atoms with Crippen LogP contribution in [0.1, 0.15) is 0 Å². The van der Waals surface area contributed by atoms with Crippen molar-refractivity contribution in [3.63, 3.8) is 0 Å². The van der Waals surface area contributed by atoms with Crippen LogP contribution < -0.4 is 0 Å². The van der Waals surface area contributed by atoms with Crippen molar-refractivity contribution in [3.8, 4) is 0 Å². The van der Waals surface area contributed by atoms with E-state index in [-0.39, 0.29) is 6.00 Å². The molecule has 0 radical (unpaired) electrons. The summed E-state index contributed by atoms with van der Waals surface area (Å²) >= 11 is 29.2. The van der Waals surface area contributed by atoms with Crippen molar-refractivity contribution < 1.29 is 0 Å². The first kappa shape index (κ1) is 17.6. The molecule has 0 saturated heterocycles. The maximum atomic E-state index is 5.88. The Bertz CT molecular complexity index is 265. The van der Waals surface area contributed by atoms with Gasteiger partial charge in [0, 0.05) is 11.8 Å². The Morgan fingerprint density at radius 3 is 1.50 bits per heavy atom. The molecule has 0 saturated carbocycles. The quantitative estimate of drug-likeness (QED) is 0.434. The third kappa shape index (κ3) is 3.53. The van der Waals surface area contributed by atoms with Gasteiger partial charge in [-0.1, -0.05) is 34.8 Å². The van der Waals surface area contributed by atoms with E-state index in [9.17, 15) is 0 Å². The highest BCUT2D eigenvalue weighted by atomic mass is 35.6. The molecule has 0 amide bonds. The summed E-state index contributed by atoms with van der Waals surface area (Å²) in [6, 6.07) is -0.00312. The summed E-state index contributed by atoms with van der Waals surface area (Å²) in [5.41, 5.74) is 0. The minimum Gasteiger partial charge on any atom is -0.251 e. The third-order valence-electron chi connectivity index (χ3n) is 1.90. The SMILES string of the molecule is CN(C)P(=NCl)(N(C)C)N(CCl)C(Cl)(Cl)Cl. The van der Waals surface area contributed by atoms with Gasteiger partial charge in [-0.25, -0.2) is 0 Å². The molecule has 0 N–H and O–H groups in total. The molecule has 0 aromatic carbocycles. The number of alkyl halides is 4. The normalized spacial score (nSPS) is 14.0. The monoisotopic (exact) mass is 348 g/mol. The highest BCUT2D eigenvalue weighted by molar-refractivity contribution is 7.60. The summed E-state index contributed by atoms with van der Waals surface area (Å²) in [4.78, 5) is 0. The zero-order chi connectivity index (χ0) is 13.1. The summed E-state index contributed by atoms with van der Waals surface area (Å²) in [5.74, 6) is 0. The van der Waals surface area contributed by atoms with Gasteiger partial charge in [-0.15, -0.1) is 11.6 Å². The van der Waals surface area contributed by atoms with Crippen LogP contribution in [0.4, 0.5) is 0 Å². The Morgan fingerprint density at radius 2 is 1.44 bits per heavy atom. The van der Waals surface area contributed by atoms with Crippen LogP contribution >= 0.6 is 65.7 Å². The van der Waals surface area contributed by atoms with Crippen molar-refractivity contribution in [2.75, 3.05) is 34.2 Å². The molecule has 0 aromatic rings. The average Bonchev–Trinajstić information content (AvgIpc) is 2.10. The van der Waals surface area contributed by atoms with E-state index in [2.05, 4.69) is 4.26 Å². The van der Waals surface area contributed by atoms with Gasteiger partial charge in [-0.05, 0) is 28.2 Å². The van der Waals surface area contributed by atoms with Gasteiger partial charge in [0.25, 0.3) is 3.92 Å². The van der Waals surface area contributed by atoms with E-state index in [4.69, 9.17) is 58.2 Å². The van der Waals surface area contributed by atoms with Gasteiger partial charge in [0.2, 0.25) is 0 Å². The number of hydrogen-bond acceptors (Lipinski definition) is 1. The Hall–Kier alpha value is 1.56. The predicted octanol–water partition coefficient (Wildman–Crippen LogP) is 4.04. The molecule has 0 bridgehead atoms. The van der Waals surface area contributed by atoms with E-state index in [1.807, 2.05) is 0 Å². The van der Waals surface area contributed by atoms with E-state index in [0.29, 0.717) is 0 Å². The fourth-order valence-corrected chi connectivity index (χ4v) is 6.58. The first-order valence-electron chi connectivity index (χ1n) is 4.13. The van der Waals surface area contributed by atoms with Crippen LogP contribution in [0.25, 0.3) is 0 Å². The molecule has 0 rings (SSSR count). The maximum Gasteiger partial charge on any atom is 0.255 e. The molecule has 16 heavy (non-hydrogen) atoms. The van der Waals surface area contributed by atoms with Gasteiger partial charge in [0.1, 0.15) is 0 Å². The smallest absolute Gasteiger partial charge is 0.251 e. The first-order chi connectivity index (χ1) is 7.14. The number of hydrogen-bond donors (Lipinski definition) is 0. The zero-order valence-electron chi connectivity index (χ0n) is 9.33. The van der Waals surface area contributed by atoms with Crippen LogP contribution in [0.15, 0.2) is 4.26 Å². The van der Waals surface area contributed by atoms with Crippen molar-refractivity contribution >= 4 is 65.7 Å².